The lowest BCUT2D eigenvalue weighted by molar-refractivity contribution is -0.150. The summed E-state index contributed by atoms with van der Waals surface area (Å²) >= 11 is 5.83. The van der Waals surface area contributed by atoms with Crippen molar-refractivity contribution in [2.24, 2.45) is 0 Å². The third-order valence-corrected chi connectivity index (χ3v) is 4.03. The number of nitrogens with one attached hydrogen (secondary N) is 1. The molecule has 0 bridgehead atoms. The van der Waals surface area contributed by atoms with Crippen molar-refractivity contribution in [1.82, 2.24) is 5.32 Å². The molecule has 0 spiro atoms. The van der Waals surface area contributed by atoms with E-state index in [0.717, 1.165) is 5.56 Å². The largest absolute Gasteiger partial charge is 0.482 e. The molecule has 0 saturated carbocycles. The summed E-state index contributed by atoms with van der Waals surface area (Å²) in [4.78, 5) is 23.7. The minimum atomic E-state index is -0.652. The van der Waals surface area contributed by atoms with Gasteiger partial charge in [-0.1, -0.05) is 23.7 Å². The van der Waals surface area contributed by atoms with E-state index in [4.69, 9.17) is 30.5 Å². The number of ether oxygens (including phenoxy) is 4. The summed E-state index contributed by atoms with van der Waals surface area (Å²) in [5, 5.41) is 3.25. The Bertz CT molecular complexity index is 841. The number of esters is 1. The molecule has 8 heteroatoms. The standard InChI is InChI=1S/C19H18ClNO6/c1-12(13-5-6-16-17(7-13)27-11-26-16)21-18(22)9-25-19(23)10-24-15-4-2-3-14(20)8-15/h2-8,12H,9-11H2,1H3,(H,21,22)/t12-/m0/s1. The number of hydrogen-bond donors (Lipinski definition) is 1. The van der Waals surface area contributed by atoms with Crippen LogP contribution in [0.5, 0.6) is 17.2 Å². The zero-order valence-electron chi connectivity index (χ0n) is 14.6. The molecule has 142 valence electrons. The minimum Gasteiger partial charge on any atom is -0.482 e. The summed E-state index contributed by atoms with van der Waals surface area (Å²) in [7, 11) is 0. The first kappa shape index (κ1) is 18.8. The van der Waals surface area contributed by atoms with Crippen molar-refractivity contribution < 1.29 is 28.5 Å². The van der Waals surface area contributed by atoms with Crippen LogP contribution in [0.3, 0.4) is 0 Å². The van der Waals surface area contributed by atoms with E-state index in [1.807, 2.05) is 13.0 Å². The van der Waals surface area contributed by atoms with Crippen LogP contribution in [0, 0.1) is 0 Å². The molecule has 1 aliphatic rings. The van der Waals surface area contributed by atoms with Gasteiger partial charge < -0.3 is 24.3 Å². The van der Waals surface area contributed by atoms with Crippen molar-refractivity contribution in [1.29, 1.82) is 0 Å². The fourth-order valence-corrected chi connectivity index (χ4v) is 2.62. The first-order valence-electron chi connectivity index (χ1n) is 8.24. The average molecular weight is 392 g/mol. The van der Waals surface area contributed by atoms with E-state index in [9.17, 15) is 9.59 Å². The van der Waals surface area contributed by atoms with Crippen molar-refractivity contribution in [3.63, 3.8) is 0 Å². The Hall–Kier alpha value is -2.93. The lowest BCUT2D eigenvalue weighted by Crippen LogP contribution is -2.31. The summed E-state index contributed by atoms with van der Waals surface area (Å²) in [6, 6.07) is 11.8. The average Bonchev–Trinajstić information content (AvgIpc) is 3.12. The summed E-state index contributed by atoms with van der Waals surface area (Å²) in [5.41, 5.74) is 0.850. The van der Waals surface area contributed by atoms with Crippen LogP contribution in [0.15, 0.2) is 42.5 Å². The highest BCUT2D eigenvalue weighted by Gasteiger charge is 2.17. The molecule has 0 radical (unpaired) electrons. The predicted molar refractivity (Wildman–Crippen MR) is 97.0 cm³/mol. The zero-order chi connectivity index (χ0) is 19.2. The summed E-state index contributed by atoms with van der Waals surface area (Å²) < 4.78 is 20.7. The third kappa shape index (κ3) is 5.27. The Morgan fingerprint density at radius 3 is 2.78 bits per heavy atom. The number of amides is 1. The number of fused-ring (bicyclic) bond motifs is 1. The number of rotatable bonds is 7. The summed E-state index contributed by atoms with van der Waals surface area (Å²) in [6.45, 7) is 1.30. The third-order valence-electron chi connectivity index (χ3n) is 3.79. The zero-order valence-corrected chi connectivity index (χ0v) is 15.3. The van der Waals surface area contributed by atoms with Gasteiger partial charge in [0.05, 0.1) is 6.04 Å². The number of carbonyl (C=O) groups is 2. The van der Waals surface area contributed by atoms with Gasteiger partial charge in [-0.3, -0.25) is 4.79 Å². The monoisotopic (exact) mass is 391 g/mol. The molecule has 7 nitrogen and oxygen atoms in total. The molecule has 27 heavy (non-hydrogen) atoms. The second-order valence-electron chi connectivity index (χ2n) is 5.81. The van der Waals surface area contributed by atoms with E-state index < -0.39 is 18.5 Å². The molecule has 1 amide bonds. The molecule has 2 aromatic carbocycles. The first-order chi connectivity index (χ1) is 13.0. The van der Waals surface area contributed by atoms with Crippen LogP contribution in [-0.4, -0.2) is 31.9 Å². The SMILES string of the molecule is C[C@H](NC(=O)COC(=O)COc1cccc(Cl)c1)c1ccc2c(c1)OCO2. The van der Waals surface area contributed by atoms with Crippen molar-refractivity contribution in [2.75, 3.05) is 20.0 Å². The second kappa shape index (κ2) is 8.64. The molecule has 3 rings (SSSR count). The van der Waals surface area contributed by atoms with Crippen molar-refractivity contribution in [3.05, 3.63) is 53.1 Å². The Balaban J connectivity index is 1.41. The molecule has 0 fully saturated rings. The molecule has 0 unspecified atom stereocenters. The highest BCUT2D eigenvalue weighted by Crippen LogP contribution is 2.34. The van der Waals surface area contributed by atoms with E-state index in [1.54, 1.807) is 36.4 Å². The fraction of sp³-hybridized carbons (Fsp3) is 0.263. The van der Waals surface area contributed by atoms with Gasteiger partial charge in [0, 0.05) is 5.02 Å². The highest BCUT2D eigenvalue weighted by molar-refractivity contribution is 6.30. The van der Waals surface area contributed by atoms with Crippen LogP contribution in [0.25, 0.3) is 0 Å². The van der Waals surface area contributed by atoms with Gasteiger partial charge in [0.1, 0.15) is 5.75 Å². The molecule has 1 aliphatic heterocycles. The molecule has 0 aromatic heterocycles. The number of hydrogen-bond acceptors (Lipinski definition) is 6. The van der Waals surface area contributed by atoms with Gasteiger partial charge in [-0.05, 0) is 42.8 Å². The Morgan fingerprint density at radius 2 is 1.96 bits per heavy atom. The quantitative estimate of drug-likeness (QED) is 0.731. The van der Waals surface area contributed by atoms with Gasteiger partial charge in [0.25, 0.3) is 5.91 Å². The van der Waals surface area contributed by atoms with E-state index in [0.29, 0.717) is 22.3 Å². The van der Waals surface area contributed by atoms with Crippen molar-refractivity contribution >= 4 is 23.5 Å². The van der Waals surface area contributed by atoms with Gasteiger partial charge in [-0.2, -0.15) is 0 Å². The summed E-state index contributed by atoms with van der Waals surface area (Å²) in [6.07, 6.45) is 0. The molecule has 0 saturated heterocycles. The topological polar surface area (TPSA) is 83.1 Å². The van der Waals surface area contributed by atoms with E-state index in [2.05, 4.69) is 5.32 Å². The van der Waals surface area contributed by atoms with Gasteiger partial charge in [0.2, 0.25) is 6.79 Å². The molecular formula is C19H18ClNO6. The van der Waals surface area contributed by atoms with Gasteiger partial charge in [-0.25, -0.2) is 4.79 Å². The maximum Gasteiger partial charge on any atom is 0.344 e. The fourth-order valence-electron chi connectivity index (χ4n) is 2.44. The van der Waals surface area contributed by atoms with Crippen LogP contribution in [0.2, 0.25) is 5.02 Å². The highest BCUT2D eigenvalue weighted by atomic mass is 35.5. The second-order valence-corrected chi connectivity index (χ2v) is 6.25. The molecule has 0 aliphatic carbocycles. The lowest BCUT2D eigenvalue weighted by atomic mass is 10.1. The van der Waals surface area contributed by atoms with E-state index >= 15 is 0 Å². The normalized spacial score (nSPS) is 13.0. The smallest absolute Gasteiger partial charge is 0.344 e. The molecule has 2 aromatic rings. The number of benzene rings is 2. The number of carbonyl (C=O) groups excluding carboxylic acids is 2. The van der Waals surface area contributed by atoms with Gasteiger partial charge in [0.15, 0.2) is 24.7 Å². The molecule has 1 atom stereocenters. The van der Waals surface area contributed by atoms with Gasteiger partial charge >= 0.3 is 5.97 Å². The van der Waals surface area contributed by atoms with Crippen molar-refractivity contribution in [3.8, 4) is 17.2 Å². The van der Waals surface area contributed by atoms with E-state index in [-0.39, 0.29) is 19.4 Å². The van der Waals surface area contributed by atoms with E-state index in [1.165, 1.54) is 0 Å². The van der Waals surface area contributed by atoms with Crippen LogP contribution < -0.4 is 19.5 Å². The lowest BCUT2D eigenvalue weighted by Gasteiger charge is -2.15. The summed E-state index contributed by atoms with van der Waals surface area (Å²) in [5.74, 6) is 0.682. The minimum absolute atomic E-state index is 0.187. The number of halogens is 1. The van der Waals surface area contributed by atoms with Crippen LogP contribution >= 0.6 is 11.6 Å². The van der Waals surface area contributed by atoms with Crippen LogP contribution in [0.1, 0.15) is 18.5 Å². The molecular weight excluding hydrogens is 374 g/mol. The van der Waals surface area contributed by atoms with Crippen LogP contribution in [0.4, 0.5) is 0 Å². The Kier molecular flexibility index (Phi) is 6.03. The Morgan fingerprint density at radius 1 is 1.15 bits per heavy atom. The molecule has 1 heterocycles. The van der Waals surface area contributed by atoms with Crippen LogP contribution in [-0.2, 0) is 14.3 Å². The maximum atomic E-state index is 12.0. The molecule has 1 N–H and O–H groups in total. The van der Waals surface area contributed by atoms with Crippen molar-refractivity contribution in [2.45, 2.75) is 13.0 Å². The first-order valence-corrected chi connectivity index (χ1v) is 8.62. The maximum absolute atomic E-state index is 12.0. The predicted octanol–water partition coefficient (Wildman–Crippen LogP) is 2.87. The Labute approximate surface area is 161 Å². The van der Waals surface area contributed by atoms with Gasteiger partial charge in [-0.15, -0.1) is 0 Å².